The Hall–Kier alpha value is -1.53. The Balaban J connectivity index is 2.95. The van der Waals surface area contributed by atoms with Crippen molar-refractivity contribution in [2.75, 3.05) is 0 Å². The lowest BCUT2D eigenvalue weighted by Crippen LogP contribution is -2.28. The van der Waals surface area contributed by atoms with Gasteiger partial charge in [-0.3, -0.25) is 4.79 Å². The summed E-state index contributed by atoms with van der Waals surface area (Å²) in [6, 6.07) is 8.66. The standard InChI is InChI=1S/C11H10ClNO2/c1-11(7-13,10(14)15)6-8-3-2-4-9(12)5-8/h2-5H,6H2,1H3,(H,14,15). The van der Waals surface area contributed by atoms with Crippen molar-refractivity contribution >= 4 is 17.6 Å². The van der Waals surface area contributed by atoms with E-state index in [1.807, 2.05) is 0 Å². The lowest BCUT2D eigenvalue weighted by atomic mass is 9.85. The van der Waals surface area contributed by atoms with Crippen molar-refractivity contribution in [2.24, 2.45) is 5.41 Å². The lowest BCUT2D eigenvalue weighted by molar-refractivity contribution is -0.144. The molecule has 0 aliphatic rings. The third-order valence-corrected chi connectivity index (χ3v) is 2.40. The minimum absolute atomic E-state index is 0.152. The SMILES string of the molecule is CC(C#N)(Cc1cccc(Cl)c1)C(=O)O. The Morgan fingerprint density at radius 1 is 1.67 bits per heavy atom. The second kappa shape index (κ2) is 4.33. The molecule has 1 aromatic rings. The molecule has 4 heteroatoms. The Morgan fingerprint density at radius 3 is 2.80 bits per heavy atom. The molecule has 15 heavy (non-hydrogen) atoms. The number of benzene rings is 1. The van der Waals surface area contributed by atoms with Crippen molar-refractivity contribution in [1.29, 1.82) is 5.26 Å². The molecule has 0 aliphatic heterocycles. The van der Waals surface area contributed by atoms with Gasteiger partial charge in [-0.2, -0.15) is 5.26 Å². The zero-order valence-electron chi connectivity index (χ0n) is 8.20. The summed E-state index contributed by atoms with van der Waals surface area (Å²) < 4.78 is 0. The highest BCUT2D eigenvalue weighted by atomic mass is 35.5. The van der Waals surface area contributed by atoms with E-state index in [0.717, 1.165) is 5.56 Å². The van der Waals surface area contributed by atoms with Crippen molar-refractivity contribution in [3.63, 3.8) is 0 Å². The molecule has 1 atom stereocenters. The molecular formula is C11H10ClNO2. The quantitative estimate of drug-likeness (QED) is 0.857. The van der Waals surface area contributed by atoms with Crippen molar-refractivity contribution < 1.29 is 9.90 Å². The first-order valence-electron chi connectivity index (χ1n) is 4.37. The van der Waals surface area contributed by atoms with Crippen LogP contribution in [0.15, 0.2) is 24.3 Å². The van der Waals surface area contributed by atoms with Crippen LogP contribution >= 0.6 is 11.6 Å². The van der Waals surface area contributed by atoms with Crippen LogP contribution in [0, 0.1) is 16.7 Å². The molecule has 3 nitrogen and oxygen atoms in total. The summed E-state index contributed by atoms with van der Waals surface area (Å²) in [6.07, 6.45) is 0.152. The van der Waals surface area contributed by atoms with Crippen LogP contribution in [0.25, 0.3) is 0 Å². The first-order chi connectivity index (χ1) is 6.98. The topological polar surface area (TPSA) is 61.1 Å². The van der Waals surface area contributed by atoms with E-state index in [2.05, 4.69) is 0 Å². The second-order valence-corrected chi connectivity index (χ2v) is 3.99. The highest BCUT2D eigenvalue weighted by Crippen LogP contribution is 2.23. The van der Waals surface area contributed by atoms with Gasteiger partial charge in [0.1, 0.15) is 0 Å². The first kappa shape index (κ1) is 11.5. The van der Waals surface area contributed by atoms with E-state index in [0.29, 0.717) is 5.02 Å². The second-order valence-electron chi connectivity index (χ2n) is 3.56. The number of hydrogen-bond donors (Lipinski definition) is 1. The Kier molecular flexibility index (Phi) is 3.33. The van der Waals surface area contributed by atoms with Gasteiger partial charge in [0.25, 0.3) is 0 Å². The maximum atomic E-state index is 10.9. The van der Waals surface area contributed by atoms with Gasteiger partial charge in [0.15, 0.2) is 5.41 Å². The van der Waals surface area contributed by atoms with Gasteiger partial charge < -0.3 is 5.11 Å². The van der Waals surface area contributed by atoms with E-state index in [4.69, 9.17) is 22.0 Å². The van der Waals surface area contributed by atoms with Gasteiger partial charge in [0.2, 0.25) is 0 Å². The average molecular weight is 224 g/mol. The van der Waals surface area contributed by atoms with Gasteiger partial charge in [0, 0.05) is 11.4 Å². The Morgan fingerprint density at radius 2 is 2.33 bits per heavy atom. The fourth-order valence-electron chi connectivity index (χ4n) is 1.22. The largest absolute Gasteiger partial charge is 0.480 e. The summed E-state index contributed by atoms with van der Waals surface area (Å²) in [5.74, 6) is -1.12. The van der Waals surface area contributed by atoms with Crippen LogP contribution in [0.5, 0.6) is 0 Å². The zero-order chi connectivity index (χ0) is 11.5. The summed E-state index contributed by atoms with van der Waals surface area (Å²) in [5, 5.41) is 18.3. The predicted molar refractivity (Wildman–Crippen MR) is 56.5 cm³/mol. The summed E-state index contributed by atoms with van der Waals surface area (Å²) >= 11 is 5.77. The molecule has 78 valence electrons. The number of hydrogen-bond acceptors (Lipinski definition) is 2. The monoisotopic (exact) mass is 223 g/mol. The van der Waals surface area contributed by atoms with Crippen molar-refractivity contribution in [1.82, 2.24) is 0 Å². The number of aliphatic carboxylic acids is 1. The van der Waals surface area contributed by atoms with Crippen LogP contribution in [-0.2, 0) is 11.2 Å². The van der Waals surface area contributed by atoms with E-state index in [-0.39, 0.29) is 6.42 Å². The number of halogens is 1. The summed E-state index contributed by atoms with van der Waals surface area (Å²) in [7, 11) is 0. The molecule has 1 N–H and O–H groups in total. The predicted octanol–water partition coefficient (Wildman–Crippen LogP) is 2.50. The van der Waals surface area contributed by atoms with Crippen molar-refractivity contribution in [3.8, 4) is 6.07 Å². The van der Waals surface area contributed by atoms with Gasteiger partial charge in [-0.15, -0.1) is 0 Å². The van der Waals surface area contributed by atoms with E-state index in [9.17, 15) is 4.79 Å². The van der Waals surface area contributed by atoms with Crippen LogP contribution in [0.4, 0.5) is 0 Å². The number of carboxylic acid groups (broad SMARTS) is 1. The van der Waals surface area contributed by atoms with Crippen LogP contribution in [-0.4, -0.2) is 11.1 Å². The highest BCUT2D eigenvalue weighted by molar-refractivity contribution is 6.30. The van der Waals surface area contributed by atoms with E-state index in [1.54, 1.807) is 30.3 Å². The van der Waals surface area contributed by atoms with Gasteiger partial charge >= 0.3 is 5.97 Å². The molecule has 0 spiro atoms. The number of nitrogens with zero attached hydrogens (tertiary/aromatic N) is 1. The molecule has 0 aliphatic carbocycles. The minimum Gasteiger partial charge on any atom is -0.480 e. The summed E-state index contributed by atoms with van der Waals surface area (Å²) in [4.78, 5) is 10.9. The molecule has 1 aromatic carbocycles. The maximum absolute atomic E-state index is 10.9. The normalized spacial score (nSPS) is 13.9. The summed E-state index contributed by atoms with van der Waals surface area (Å²) in [5.41, 5.74) is -0.654. The number of rotatable bonds is 3. The number of carbonyl (C=O) groups is 1. The smallest absolute Gasteiger partial charge is 0.324 e. The molecule has 1 unspecified atom stereocenters. The van der Waals surface area contributed by atoms with E-state index in [1.165, 1.54) is 6.92 Å². The molecular weight excluding hydrogens is 214 g/mol. The Bertz CT molecular complexity index is 425. The molecule has 0 fully saturated rings. The molecule has 0 saturated heterocycles. The average Bonchev–Trinajstić information content (AvgIpc) is 2.17. The first-order valence-corrected chi connectivity index (χ1v) is 4.75. The van der Waals surface area contributed by atoms with Crippen LogP contribution in [0.1, 0.15) is 12.5 Å². The third kappa shape index (κ3) is 2.71. The molecule has 0 bridgehead atoms. The van der Waals surface area contributed by atoms with E-state index < -0.39 is 11.4 Å². The zero-order valence-corrected chi connectivity index (χ0v) is 8.95. The van der Waals surface area contributed by atoms with Gasteiger partial charge in [-0.25, -0.2) is 0 Å². The number of nitriles is 1. The third-order valence-electron chi connectivity index (χ3n) is 2.17. The number of carboxylic acids is 1. The fraction of sp³-hybridized carbons (Fsp3) is 0.273. The summed E-state index contributed by atoms with van der Waals surface area (Å²) in [6.45, 7) is 1.40. The van der Waals surface area contributed by atoms with Crippen molar-refractivity contribution in [3.05, 3.63) is 34.9 Å². The maximum Gasteiger partial charge on any atom is 0.324 e. The van der Waals surface area contributed by atoms with E-state index >= 15 is 0 Å². The Labute approximate surface area is 92.9 Å². The van der Waals surface area contributed by atoms with Gasteiger partial charge in [-0.05, 0) is 24.6 Å². The lowest BCUT2D eigenvalue weighted by Gasteiger charge is -2.15. The van der Waals surface area contributed by atoms with Crippen LogP contribution in [0.2, 0.25) is 5.02 Å². The molecule has 0 radical (unpaired) electrons. The fourth-order valence-corrected chi connectivity index (χ4v) is 1.43. The molecule has 1 rings (SSSR count). The van der Waals surface area contributed by atoms with Crippen molar-refractivity contribution in [2.45, 2.75) is 13.3 Å². The minimum atomic E-state index is -1.40. The highest BCUT2D eigenvalue weighted by Gasteiger charge is 2.33. The van der Waals surface area contributed by atoms with Crippen LogP contribution < -0.4 is 0 Å². The molecule has 0 heterocycles. The molecule has 0 saturated carbocycles. The molecule has 0 amide bonds. The van der Waals surface area contributed by atoms with Gasteiger partial charge in [-0.1, -0.05) is 23.7 Å². The van der Waals surface area contributed by atoms with Crippen LogP contribution in [0.3, 0.4) is 0 Å². The molecule has 0 aromatic heterocycles. The van der Waals surface area contributed by atoms with Gasteiger partial charge in [0.05, 0.1) is 6.07 Å².